The molecule has 2 bridgehead atoms. The van der Waals surface area contributed by atoms with E-state index in [9.17, 15) is 19.8 Å². The van der Waals surface area contributed by atoms with Crippen molar-refractivity contribution in [2.24, 2.45) is 11.7 Å². The second-order valence-electron chi connectivity index (χ2n) is 10.4. The number of primary amides is 1. The van der Waals surface area contributed by atoms with Gasteiger partial charge in [-0.25, -0.2) is 0 Å². The Hall–Kier alpha value is -1.96. The van der Waals surface area contributed by atoms with Gasteiger partial charge in [0.05, 0.1) is 6.61 Å². The molecule has 5 N–H and O–H groups in total. The summed E-state index contributed by atoms with van der Waals surface area (Å²) in [6.45, 7) is 0.692. The standard InChI is InChI=1S/C26H39N3O4/c27-24(31)20-8-4-7-19(13-20)21-14-22-9-10-23(15-21)29(22)12-11-28-25(32)26(33,17-30)16-18-5-2-1-3-6-18/h4,7-8,13,18,21-23,30,33H,1-3,5-6,9-12,14-17H2,(H2,27,31)(H,28,32)/t21-,22+,23-,26-/m0/s1. The summed E-state index contributed by atoms with van der Waals surface area (Å²) in [7, 11) is 0. The Morgan fingerprint density at radius 1 is 1.09 bits per heavy atom. The van der Waals surface area contributed by atoms with E-state index < -0.39 is 18.1 Å². The minimum Gasteiger partial charge on any atom is -0.393 e. The molecule has 0 aromatic heterocycles. The van der Waals surface area contributed by atoms with Gasteiger partial charge in [0.15, 0.2) is 5.60 Å². The highest BCUT2D eigenvalue weighted by molar-refractivity contribution is 5.92. The monoisotopic (exact) mass is 457 g/mol. The Balaban J connectivity index is 1.28. The van der Waals surface area contributed by atoms with Crippen molar-refractivity contribution >= 4 is 11.8 Å². The predicted molar refractivity (Wildman–Crippen MR) is 127 cm³/mol. The number of nitrogens with two attached hydrogens (primary N) is 1. The summed E-state index contributed by atoms with van der Waals surface area (Å²) < 4.78 is 0. The van der Waals surface area contributed by atoms with Gasteiger partial charge in [0.25, 0.3) is 5.91 Å². The number of carbonyl (C=O) groups is 2. The lowest BCUT2D eigenvalue weighted by atomic mass is 9.80. The number of aliphatic hydroxyl groups is 2. The van der Waals surface area contributed by atoms with Crippen LogP contribution in [0.5, 0.6) is 0 Å². The second kappa shape index (κ2) is 10.5. The maximum Gasteiger partial charge on any atom is 0.254 e. The molecule has 7 nitrogen and oxygen atoms in total. The number of fused-ring (bicyclic) bond motifs is 2. The normalized spacial score (nSPS) is 27.8. The number of nitrogens with zero attached hydrogens (tertiary/aromatic N) is 1. The highest BCUT2D eigenvalue weighted by Gasteiger charge is 2.41. The van der Waals surface area contributed by atoms with Crippen molar-refractivity contribution in [1.29, 1.82) is 0 Å². The van der Waals surface area contributed by atoms with Gasteiger partial charge in [-0.2, -0.15) is 0 Å². The molecule has 33 heavy (non-hydrogen) atoms. The first-order chi connectivity index (χ1) is 15.9. The molecule has 2 saturated heterocycles. The van der Waals surface area contributed by atoms with Gasteiger partial charge in [-0.1, -0.05) is 44.2 Å². The maximum atomic E-state index is 12.7. The topological polar surface area (TPSA) is 116 Å². The lowest BCUT2D eigenvalue weighted by Crippen LogP contribution is -2.53. The molecule has 4 rings (SSSR count). The van der Waals surface area contributed by atoms with Crippen LogP contribution < -0.4 is 11.1 Å². The zero-order chi connectivity index (χ0) is 23.4. The first kappa shape index (κ1) is 24.2. The summed E-state index contributed by atoms with van der Waals surface area (Å²) in [6, 6.07) is 8.62. The van der Waals surface area contributed by atoms with E-state index in [1.807, 2.05) is 12.1 Å². The van der Waals surface area contributed by atoms with Gasteiger partial charge in [-0.3, -0.25) is 14.5 Å². The summed E-state index contributed by atoms with van der Waals surface area (Å²) >= 11 is 0. The van der Waals surface area contributed by atoms with Crippen LogP contribution in [0.15, 0.2) is 24.3 Å². The number of hydrogen-bond donors (Lipinski definition) is 4. The summed E-state index contributed by atoms with van der Waals surface area (Å²) in [5.41, 5.74) is 5.53. The van der Waals surface area contributed by atoms with Crippen LogP contribution >= 0.6 is 0 Å². The van der Waals surface area contributed by atoms with Crippen molar-refractivity contribution < 1.29 is 19.8 Å². The SMILES string of the molecule is NC(=O)c1cccc([C@H]2C[C@H]3CC[C@@H](C2)N3CCNC(=O)[C@@](O)(CO)CC2CCCCC2)c1. The van der Waals surface area contributed by atoms with E-state index in [1.165, 1.54) is 12.0 Å². The molecule has 1 aromatic rings. The zero-order valence-corrected chi connectivity index (χ0v) is 19.5. The quantitative estimate of drug-likeness (QED) is 0.454. The van der Waals surface area contributed by atoms with Gasteiger partial charge in [0.2, 0.25) is 5.91 Å². The number of aliphatic hydroxyl groups excluding tert-OH is 1. The van der Waals surface area contributed by atoms with Crippen molar-refractivity contribution in [3.05, 3.63) is 35.4 Å². The van der Waals surface area contributed by atoms with Crippen molar-refractivity contribution in [2.45, 2.75) is 87.8 Å². The van der Waals surface area contributed by atoms with Gasteiger partial charge >= 0.3 is 0 Å². The van der Waals surface area contributed by atoms with Crippen molar-refractivity contribution in [1.82, 2.24) is 10.2 Å². The lowest BCUT2D eigenvalue weighted by Gasteiger charge is -2.39. The fourth-order valence-corrected chi connectivity index (χ4v) is 6.42. The van der Waals surface area contributed by atoms with Crippen molar-refractivity contribution in [2.75, 3.05) is 19.7 Å². The molecule has 1 aromatic carbocycles. The number of hydrogen-bond acceptors (Lipinski definition) is 5. The molecule has 3 fully saturated rings. The van der Waals surface area contributed by atoms with Crippen LogP contribution in [-0.4, -0.2) is 64.3 Å². The predicted octanol–water partition coefficient (Wildman–Crippen LogP) is 2.31. The number of carbonyl (C=O) groups excluding carboxylic acids is 2. The molecule has 7 heteroatoms. The number of nitrogens with one attached hydrogen (secondary N) is 1. The average Bonchev–Trinajstić information content (AvgIpc) is 3.06. The van der Waals surface area contributed by atoms with Crippen molar-refractivity contribution in [3.8, 4) is 0 Å². The summed E-state index contributed by atoms with van der Waals surface area (Å²) in [4.78, 5) is 26.8. The zero-order valence-electron chi connectivity index (χ0n) is 19.5. The third-order valence-corrected chi connectivity index (χ3v) is 8.22. The van der Waals surface area contributed by atoms with E-state index in [4.69, 9.17) is 5.73 Å². The van der Waals surface area contributed by atoms with Crippen LogP contribution in [0, 0.1) is 5.92 Å². The molecule has 4 atom stereocenters. The Morgan fingerprint density at radius 2 is 1.79 bits per heavy atom. The van der Waals surface area contributed by atoms with E-state index in [0.717, 1.165) is 57.9 Å². The molecule has 2 heterocycles. The van der Waals surface area contributed by atoms with Crippen LogP contribution in [0.25, 0.3) is 0 Å². The van der Waals surface area contributed by atoms with Gasteiger partial charge in [-0.15, -0.1) is 0 Å². The molecule has 0 spiro atoms. The molecule has 3 aliphatic rings. The van der Waals surface area contributed by atoms with Crippen LogP contribution in [0.3, 0.4) is 0 Å². The smallest absolute Gasteiger partial charge is 0.254 e. The minimum absolute atomic E-state index is 0.310. The molecule has 0 unspecified atom stereocenters. The summed E-state index contributed by atoms with van der Waals surface area (Å²) in [6.07, 6.45) is 10.3. The maximum absolute atomic E-state index is 12.7. The first-order valence-corrected chi connectivity index (χ1v) is 12.7. The number of rotatable bonds is 9. The minimum atomic E-state index is -1.68. The number of benzene rings is 1. The molecule has 0 radical (unpaired) electrons. The third-order valence-electron chi connectivity index (χ3n) is 8.22. The number of piperidine rings is 1. The van der Waals surface area contributed by atoms with Crippen LogP contribution in [0.1, 0.15) is 86.0 Å². The van der Waals surface area contributed by atoms with Gasteiger partial charge in [0, 0.05) is 30.7 Å². The lowest BCUT2D eigenvalue weighted by molar-refractivity contribution is -0.146. The summed E-state index contributed by atoms with van der Waals surface area (Å²) in [5, 5.41) is 23.5. The largest absolute Gasteiger partial charge is 0.393 e. The molecule has 2 aliphatic heterocycles. The van der Waals surface area contributed by atoms with E-state index >= 15 is 0 Å². The first-order valence-electron chi connectivity index (χ1n) is 12.7. The summed E-state index contributed by atoms with van der Waals surface area (Å²) in [5.74, 6) is -0.104. The Morgan fingerprint density at radius 3 is 2.42 bits per heavy atom. The second-order valence-corrected chi connectivity index (χ2v) is 10.4. The molecular weight excluding hydrogens is 418 g/mol. The fourth-order valence-electron chi connectivity index (χ4n) is 6.42. The molecule has 1 saturated carbocycles. The van der Waals surface area contributed by atoms with Gasteiger partial charge in [-0.05, 0) is 61.6 Å². The van der Waals surface area contributed by atoms with Crippen molar-refractivity contribution in [3.63, 3.8) is 0 Å². The van der Waals surface area contributed by atoms with E-state index in [0.29, 0.717) is 42.4 Å². The van der Waals surface area contributed by atoms with Crippen LogP contribution in [-0.2, 0) is 4.79 Å². The van der Waals surface area contributed by atoms with Crippen LogP contribution in [0.4, 0.5) is 0 Å². The Bertz CT molecular complexity index is 827. The fraction of sp³-hybridized carbons (Fsp3) is 0.692. The third kappa shape index (κ3) is 5.58. The Kier molecular flexibility index (Phi) is 7.72. The van der Waals surface area contributed by atoms with Gasteiger partial charge in [0.1, 0.15) is 0 Å². The van der Waals surface area contributed by atoms with E-state index in [2.05, 4.69) is 16.3 Å². The molecule has 1 aliphatic carbocycles. The van der Waals surface area contributed by atoms with Gasteiger partial charge < -0.3 is 21.3 Å². The molecule has 182 valence electrons. The average molecular weight is 458 g/mol. The highest BCUT2D eigenvalue weighted by Crippen LogP contribution is 2.43. The molecular formula is C26H39N3O4. The van der Waals surface area contributed by atoms with Crippen LogP contribution in [0.2, 0.25) is 0 Å². The number of amides is 2. The highest BCUT2D eigenvalue weighted by atomic mass is 16.3. The Labute approximate surface area is 196 Å². The van der Waals surface area contributed by atoms with E-state index in [1.54, 1.807) is 6.07 Å². The molecule has 2 amide bonds. The van der Waals surface area contributed by atoms with E-state index in [-0.39, 0.29) is 5.91 Å².